The standard InChI is InChI=1S/C31H33F5N2O4S/c1-2-43(40,41)28-15-3-21(4-16-28)17-37-30(39)23-7-12-26(13-8-23)38-18-24(9-14-27(38)19-42-20-29(32)33)22-5-10-25(11-6-22)31(34,35)36/h3-8,10-13,15-16,24,27,29H,2,9,14,17-20H2,1H3,(H,37,39)/t24?,27-/m0/s1. The second-order valence-corrected chi connectivity index (χ2v) is 12.7. The molecule has 43 heavy (non-hydrogen) atoms. The summed E-state index contributed by atoms with van der Waals surface area (Å²) >= 11 is 0. The molecule has 1 unspecified atom stereocenters. The predicted molar refractivity (Wildman–Crippen MR) is 153 cm³/mol. The second kappa shape index (κ2) is 13.9. The average molecular weight is 625 g/mol. The molecule has 3 aromatic carbocycles. The van der Waals surface area contributed by atoms with Gasteiger partial charge in [0.25, 0.3) is 12.3 Å². The molecule has 232 valence electrons. The number of benzene rings is 3. The number of hydrogen-bond acceptors (Lipinski definition) is 5. The highest BCUT2D eigenvalue weighted by Gasteiger charge is 2.32. The molecule has 1 aliphatic rings. The normalized spacial score (nSPS) is 17.7. The Morgan fingerprint density at radius 2 is 1.63 bits per heavy atom. The lowest BCUT2D eigenvalue weighted by Crippen LogP contribution is -2.45. The number of carbonyl (C=O) groups excluding carboxylic acids is 1. The topological polar surface area (TPSA) is 75.7 Å². The fourth-order valence-corrected chi connectivity index (χ4v) is 5.98. The third-order valence-electron chi connectivity index (χ3n) is 7.55. The Morgan fingerprint density at radius 1 is 0.977 bits per heavy atom. The van der Waals surface area contributed by atoms with E-state index in [9.17, 15) is 35.2 Å². The third kappa shape index (κ3) is 8.54. The minimum Gasteiger partial charge on any atom is -0.373 e. The van der Waals surface area contributed by atoms with E-state index in [0.29, 0.717) is 24.9 Å². The van der Waals surface area contributed by atoms with Crippen molar-refractivity contribution in [3.8, 4) is 0 Å². The van der Waals surface area contributed by atoms with E-state index in [0.717, 1.165) is 28.9 Å². The van der Waals surface area contributed by atoms with Gasteiger partial charge in [0.1, 0.15) is 6.61 Å². The first-order valence-corrected chi connectivity index (χ1v) is 15.5. The summed E-state index contributed by atoms with van der Waals surface area (Å²) in [7, 11) is -3.32. The van der Waals surface area contributed by atoms with E-state index in [2.05, 4.69) is 5.32 Å². The molecule has 1 N–H and O–H groups in total. The number of nitrogens with one attached hydrogen (secondary N) is 1. The smallest absolute Gasteiger partial charge is 0.373 e. The van der Waals surface area contributed by atoms with Crippen LogP contribution in [0.5, 0.6) is 0 Å². The summed E-state index contributed by atoms with van der Waals surface area (Å²) < 4.78 is 93.7. The van der Waals surface area contributed by atoms with Gasteiger partial charge in [-0.3, -0.25) is 4.79 Å². The molecule has 0 aromatic heterocycles. The molecular formula is C31H33F5N2O4S. The molecule has 12 heteroatoms. The summed E-state index contributed by atoms with van der Waals surface area (Å²) in [5.74, 6) is -0.430. The van der Waals surface area contributed by atoms with Crippen LogP contribution in [0, 0.1) is 0 Å². The van der Waals surface area contributed by atoms with E-state index in [4.69, 9.17) is 4.74 Å². The van der Waals surface area contributed by atoms with Crippen molar-refractivity contribution in [3.63, 3.8) is 0 Å². The minimum atomic E-state index is -4.43. The lowest BCUT2D eigenvalue weighted by atomic mass is 9.86. The van der Waals surface area contributed by atoms with E-state index in [-0.39, 0.29) is 41.7 Å². The molecule has 6 nitrogen and oxygen atoms in total. The van der Waals surface area contributed by atoms with E-state index < -0.39 is 34.6 Å². The Labute approximate surface area is 247 Å². The molecule has 0 saturated carbocycles. The monoisotopic (exact) mass is 624 g/mol. The van der Waals surface area contributed by atoms with Gasteiger partial charge in [-0.2, -0.15) is 13.2 Å². The minimum absolute atomic E-state index is 0.00427. The van der Waals surface area contributed by atoms with Crippen LogP contribution in [0.25, 0.3) is 0 Å². The SMILES string of the molecule is CCS(=O)(=O)c1ccc(CNC(=O)c2ccc(N3CC(c4ccc(C(F)(F)F)cc4)CC[C@H]3COCC(F)F)cc2)cc1. The summed E-state index contributed by atoms with van der Waals surface area (Å²) in [5, 5.41) is 2.80. The molecule has 3 aromatic rings. The van der Waals surface area contributed by atoms with Crippen LogP contribution in [0.15, 0.2) is 77.7 Å². The van der Waals surface area contributed by atoms with Crippen LogP contribution in [0.1, 0.15) is 52.7 Å². The summed E-state index contributed by atoms with van der Waals surface area (Å²) in [6.07, 6.45) is -5.80. The maximum Gasteiger partial charge on any atom is 0.416 e. The Hall–Kier alpha value is -3.51. The summed E-state index contributed by atoms with van der Waals surface area (Å²) in [6, 6.07) is 17.9. The van der Waals surface area contributed by atoms with Gasteiger partial charge in [0.05, 0.1) is 28.9 Å². The number of amides is 1. The summed E-state index contributed by atoms with van der Waals surface area (Å²) in [4.78, 5) is 15.0. The Balaban J connectivity index is 1.44. The zero-order chi connectivity index (χ0) is 31.2. The molecular weight excluding hydrogens is 591 g/mol. The van der Waals surface area contributed by atoms with Crippen molar-refractivity contribution in [1.29, 1.82) is 0 Å². The van der Waals surface area contributed by atoms with Crippen molar-refractivity contribution in [2.45, 2.75) is 55.8 Å². The Morgan fingerprint density at radius 3 is 2.21 bits per heavy atom. The van der Waals surface area contributed by atoms with Crippen molar-refractivity contribution < 1.29 is 39.9 Å². The van der Waals surface area contributed by atoms with Crippen molar-refractivity contribution >= 4 is 21.4 Å². The number of alkyl halides is 5. The number of sulfone groups is 1. The number of rotatable bonds is 11. The van der Waals surface area contributed by atoms with Crippen LogP contribution >= 0.6 is 0 Å². The van der Waals surface area contributed by atoms with Crippen molar-refractivity contribution in [2.75, 3.05) is 30.4 Å². The molecule has 1 aliphatic heterocycles. The number of carbonyl (C=O) groups is 1. The van der Waals surface area contributed by atoms with E-state index in [1.54, 1.807) is 43.3 Å². The van der Waals surface area contributed by atoms with Crippen LogP contribution < -0.4 is 10.2 Å². The van der Waals surface area contributed by atoms with Gasteiger partial charge in [-0.1, -0.05) is 31.2 Å². The van der Waals surface area contributed by atoms with Gasteiger partial charge in [-0.25, -0.2) is 17.2 Å². The van der Waals surface area contributed by atoms with E-state index in [1.165, 1.54) is 24.3 Å². The van der Waals surface area contributed by atoms with E-state index in [1.807, 2.05) is 4.90 Å². The van der Waals surface area contributed by atoms with Gasteiger partial charge in [0, 0.05) is 30.3 Å². The lowest BCUT2D eigenvalue weighted by molar-refractivity contribution is -0.137. The zero-order valence-corrected chi connectivity index (χ0v) is 24.3. The molecule has 0 aliphatic carbocycles. The summed E-state index contributed by atoms with van der Waals surface area (Å²) in [5.41, 5.74) is 1.87. The maximum absolute atomic E-state index is 13.0. The van der Waals surface area contributed by atoms with Gasteiger partial charge in [0.2, 0.25) is 0 Å². The first-order valence-electron chi connectivity index (χ1n) is 13.9. The highest BCUT2D eigenvalue weighted by molar-refractivity contribution is 7.91. The molecule has 1 heterocycles. The van der Waals surface area contributed by atoms with Crippen molar-refractivity contribution in [3.05, 3.63) is 95.1 Å². The number of halogens is 5. The first kappa shape index (κ1) is 32.4. The number of nitrogens with zero attached hydrogens (tertiary/aromatic N) is 1. The van der Waals surface area contributed by atoms with Gasteiger partial charge in [0.15, 0.2) is 9.84 Å². The van der Waals surface area contributed by atoms with Crippen molar-refractivity contribution in [2.24, 2.45) is 0 Å². The fourth-order valence-electron chi connectivity index (χ4n) is 5.10. The second-order valence-electron chi connectivity index (χ2n) is 10.4. The first-order chi connectivity index (χ1) is 20.4. The molecule has 4 rings (SSSR count). The van der Waals surface area contributed by atoms with Crippen LogP contribution in [0.3, 0.4) is 0 Å². The molecule has 1 fully saturated rings. The summed E-state index contributed by atoms with van der Waals surface area (Å²) in [6.45, 7) is 1.56. The molecule has 2 atom stereocenters. The van der Waals surface area contributed by atoms with Gasteiger partial charge in [-0.05, 0) is 72.5 Å². The van der Waals surface area contributed by atoms with Crippen LogP contribution in [0.2, 0.25) is 0 Å². The number of ether oxygens (including phenoxy) is 1. The van der Waals surface area contributed by atoms with Crippen LogP contribution in [-0.4, -0.2) is 52.3 Å². The van der Waals surface area contributed by atoms with Crippen LogP contribution in [-0.2, 0) is 27.3 Å². The highest BCUT2D eigenvalue weighted by atomic mass is 32.2. The molecule has 1 saturated heterocycles. The van der Waals surface area contributed by atoms with Gasteiger partial charge in [-0.15, -0.1) is 0 Å². The number of piperidine rings is 1. The number of anilines is 1. The molecule has 1 amide bonds. The fraction of sp³-hybridized carbons (Fsp3) is 0.387. The van der Waals surface area contributed by atoms with Gasteiger partial charge >= 0.3 is 6.18 Å². The van der Waals surface area contributed by atoms with E-state index >= 15 is 0 Å². The Kier molecular flexibility index (Phi) is 10.4. The van der Waals surface area contributed by atoms with Crippen LogP contribution in [0.4, 0.5) is 27.6 Å². The van der Waals surface area contributed by atoms with Gasteiger partial charge < -0.3 is 15.0 Å². The lowest BCUT2D eigenvalue weighted by Gasteiger charge is -2.41. The Bertz CT molecular complexity index is 1460. The quantitative estimate of drug-likeness (QED) is 0.248. The highest BCUT2D eigenvalue weighted by Crippen LogP contribution is 2.36. The maximum atomic E-state index is 13.0. The molecule has 0 spiro atoms. The average Bonchev–Trinajstić information content (AvgIpc) is 3.00. The molecule has 0 bridgehead atoms. The number of hydrogen-bond donors (Lipinski definition) is 1. The largest absolute Gasteiger partial charge is 0.416 e. The van der Waals surface area contributed by atoms with Crippen molar-refractivity contribution in [1.82, 2.24) is 5.32 Å². The zero-order valence-electron chi connectivity index (χ0n) is 23.5. The molecule has 0 radical (unpaired) electrons. The predicted octanol–water partition coefficient (Wildman–Crippen LogP) is 6.46. The third-order valence-corrected chi connectivity index (χ3v) is 9.30.